The first-order chi connectivity index (χ1) is 11.6. The van der Waals surface area contributed by atoms with Crippen molar-refractivity contribution < 1.29 is 13.5 Å². The van der Waals surface area contributed by atoms with Gasteiger partial charge in [-0.05, 0) is 42.0 Å². The van der Waals surface area contributed by atoms with E-state index in [1.54, 1.807) is 6.07 Å². The maximum absolute atomic E-state index is 14.1. The van der Waals surface area contributed by atoms with Gasteiger partial charge in [0.25, 0.3) is 0 Å². The third-order valence-electron chi connectivity index (χ3n) is 4.48. The van der Waals surface area contributed by atoms with Crippen LogP contribution in [-0.2, 0) is 6.42 Å². The topological polar surface area (TPSA) is 9.23 Å². The minimum atomic E-state index is -0.941. The summed E-state index contributed by atoms with van der Waals surface area (Å²) >= 11 is 0. The van der Waals surface area contributed by atoms with Crippen LogP contribution in [0.25, 0.3) is 11.1 Å². The molecule has 3 heteroatoms. The van der Waals surface area contributed by atoms with E-state index >= 15 is 0 Å². The molecule has 0 aliphatic heterocycles. The molecule has 0 saturated heterocycles. The van der Waals surface area contributed by atoms with E-state index in [4.69, 9.17) is 4.74 Å². The van der Waals surface area contributed by atoms with Gasteiger partial charge in [-0.25, -0.2) is 4.39 Å². The van der Waals surface area contributed by atoms with Crippen molar-refractivity contribution in [3.8, 4) is 16.9 Å². The zero-order valence-electron chi connectivity index (χ0n) is 14.7. The molecule has 130 valence electrons. The van der Waals surface area contributed by atoms with Crippen LogP contribution in [0.2, 0.25) is 0 Å². The van der Waals surface area contributed by atoms with E-state index in [2.05, 4.69) is 13.8 Å². The molecule has 0 fully saturated rings. The summed E-state index contributed by atoms with van der Waals surface area (Å²) in [4.78, 5) is 0. The minimum Gasteiger partial charge on any atom is -0.494 e. The van der Waals surface area contributed by atoms with Gasteiger partial charge in [0.05, 0.1) is 7.11 Å². The van der Waals surface area contributed by atoms with Crippen molar-refractivity contribution in [3.63, 3.8) is 0 Å². The van der Waals surface area contributed by atoms with Gasteiger partial charge in [-0.3, -0.25) is 0 Å². The van der Waals surface area contributed by atoms with Crippen LogP contribution < -0.4 is 4.74 Å². The van der Waals surface area contributed by atoms with Crippen LogP contribution in [0.15, 0.2) is 36.4 Å². The minimum absolute atomic E-state index is 0.0749. The van der Waals surface area contributed by atoms with Gasteiger partial charge >= 0.3 is 0 Å². The maximum atomic E-state index is 14.1. The van der Waals surface area contributed by atoms with Gasteiger partial charge in [0.1, 0.15) is 0 Å². The second-order valence-electron chi connectivity index (χ2n) is 6.43. The molecule has 0 aromatic heterocycles. The molecule has 0 spiro atoms. The molecule has 0 radical (unpaired) electrons. The zero-order valence-corrected chi connectivity index (χ0v) is 14.7. The van der Waals surface area contributed by atoms with Crippen molar-refractivity contribution in [1.29, 1.82) is 0 Å². The summed E-state index contributed by atoms with van der Waals surface area (Å²) in [5.74, 6) is -1.11. The van der Waals surface area contributed by atoms with Crippen LogP contribution in [0.3, 0.4) is 0 Å². The maximum Gasteiger partial charge on any atom is 0.201 e. The first-order valence-corrected chi connectivity index (χ1v) is 8.68. The quantitative estimate of drug-likeness (QED) is 0.543. The van der Waals surface area contributed by atoms with Gasteiger partial charge in [0.2, 0.25) is 5.82 Å². The predicted molar refractivity (Wildman–Crippen MR) is 95.4 cm³/mol. The Hall–Kier alpha value is -1.90. The average molecular weight is 332 g/mol. The Bertz CT molecular complexity index is 650. The Morgan fingerprint density at radius 2 is 1.67 bits per heavy atom. The Balaban J connectivity index is 2.03. The van der Waals surface area contributed by atoms with Gasteiger partial charge in [-0.15, -0.1) is 0 Å². The summed E-state index contributed by atoms with van der Waals surface area (Å²) in [5, 5.41) is 0. The number of methoxy groups -OCH3 is 1. The highest BCUT2D eigenvalue weighted by molar-refractivity contribution is 5.65. The Labute approximate surface area is 143 Å². The van der Waals surface area contributed by atoms with Crippen LogP contribution in [-0.4, -0.2) is 7.11 Å². The van der Waals surface area contributed by atoms with E-state index in [1.165, 1.54) is 38.0 Å². The van der Waals surface area contributed by atoms with Gasteiger partial charge in [-0.1, -0.05) is 57.4 Å². The highest BCUT2D eigenvalue weighted by Gasteiger charge is 2.15. The van der Waals surface area contributed by atoms with E-state index in [9.17, 15) is 8.78 Å². The second kappa shape index (κ2) is 8.81. The summed E-state index contributed by atoms with van der Waals surface area (Å²) in [6, 6.07) is 10.7. The number of halogens is 2. The summed E-state index contributed by atoms with van der Waals surface area (Å²) in [6.07, 6.45) is 5.93. The molecule has 2 aromatic carbocycles. The van der Waals surface area contributed by atoms with E-state index < -0.39 is 11.6 Å². The molecule has 24 heavy (non-hydrogen) atoms. The van der Waals surface area contributed by atoms with Crippen LogP contribution in [0.5, 0.6) is 5.75 Å². The van der Waals surface area contributed by atoms with Crippen LogP contribution in [0.4, 0.5) is 8.78 Å². The van der Waals surface area contributed by atoms with Gasteiger partial charge in [-0.2, -0.15) is 4.39 Å². The molecule has 0 amide bonds. The lowest BCUT2D eigenvalue weighted by atomic mass is 9.96. The first-order valence-electron chi connectivity index (χ1n) is 8.68. The van der Waals surface area contributed by atoms with Gasteiger partial charge < -0.3 is 4.74 Å². The number of hydrogen-bond donors (Lipinski definition) is 0. The fourth-order valence-corrected chi connectivity index (χ4v) is 3.06. The number of hydrogen-bond acceptors (Lipinski definition) is 1. The van der Waals surface area contributed by atoms with Gasteiger partial charge in [0.15, 0.2) is 11.6 Å². The van der Waals surface area contributed by atoms with E-state index in [0.717, 1.165) is 18.8 Å². The molecule has 0 aliphatic rings. The van der Waals surface area contributed by atoms with Crippen molar-refractivity contribution in [2.24, 2.45) is 5.92 Å². The number of benzene rings is 2. The molecule has 1 atom stereocenters. The van der Waals surface area contributed by atoms with E-state index in [-0.39, 0.29) is 11.3 Å². The molecular weight excluding hydrogens is 306 g/mol. The summed E-state index contributed by atoms with van der Waals surface area (Å²) in [7, 11) is 1.33. The Morgan fingerprint density at radius 1 is 0.958 bits per heavy atom. The van der Waals surface area contributed by atoms with Crippen molar-refractivity contribution in [2.45, 2.75) is 46.0 Å². The molecule has 2 aromatic rings. The van der Waals surface area contributed by atoms with Crippen molar-refractivity contribution in [2.75, 3.05) is 7.11 Å². The Kier molecular flexibility index (Phi) is 6.77. The molecule has 1 nitrogen and oxygen atoms in total. The molecular formula is C21H26F2O. The molecule has 0 bridgehead atoms. The van der Waals surface area contributed by atoms with Crippen molar-refractivity contribution >= 4 is 0 Å². The lowest BCUT2D eigenvalue weighted by Gasteiger charge is -2.10. The van der Waals surface area contributed by atoms with Crippen LogP contribution in [0, 0.1) is 17.6 Å². The molecule has 0 aliphatic carbocycles. The van der Waals surface area contributed by atoms with Crippen LogP contribution >= 0.6 is 0 Å². The first kappa shape index (κ1) is 18.4. The fourth-order valence-electron chi connectivity index (χ4n) is 3.06. The summed E-state index contributed by atoms with van der Waals surface area (Å²) in [5.41, 5.74) is 2.17. The highest BCUT2D eigenvalue weighted by atomic mass is 19.2. The fraction of sp³-hybridized carbons (Fsp3) is 0.429. The lowest BCUT2D eigenvalue weighted by Crippen LogP contribution is -1.96. The second-order valence-corrected chi connectivity index (χ2v) is 6.43. The van der Waals surface area contributed by atoms with Crippen LogP contribution in [0.1, 0.15) is 45.1 Å². The molecule has 0 N–H and O–H groups in total. The largest absolute Gasteiger partial charge is 0.494 e. The number of aryl methyl sites for hydroxylation is 1. The van der Waals surface area contributed by atoms with Gasteiger partial charge in [0, 0.05) is 5.56 Å². The monoisotopic (exact) mass is 332 g/mol. The third kappa shape index (κ3) is 4.56. The number of ether oxygens (including phenoxy) is 1. The molecule has 0 heterocycles. The lowest BCUT2D eigenvalue weighted by molar-refractivity contribution is 0.372. The predicted octanol–water partition coefficient (Wildman–Crippen LogP) is 6.40. The summed E-state index contributed by atoms with van der Waals surface area (Å²) in [6.45, 7) is 4.52. The summed E-state index contributed by atoms with van der Waals surface area (Å²) < 4.78 is 32.8. The highest BCUT2D eigenvalue weighted by Crippen LogP contribution is 2.30. The van der Waals surface area contributed by atoms with E-state index in [0.29, 0.717) is 5.56 Å². The van der Waals surface area contributed by atoms with E-state index in [1.807, 2.05) is 24.3 Å². The third-order valence-corrected chi connectivity index (χ3v) is 4.48. The SMILES string of the molecule is CCCC(C)CCCc1ccc(-c2ccc(OC)c(F)c2F)cc1. The Morgan fingerprint density at radius 3 is 2.29 bits per heavy atom. The molecule has 2 rings (SSSR count). The number of rotatable bonds is 8. The molecule has 0 saturated carbocycles. The molecule has 1 unspecified atom stereocenters. The zero-order chi connectivity index (χ0) is 17.5. The van der Waals surface area contributed by atoms with Crippen molar-refractivity contribution in [1.82, 2.24) is 0 Å². The smallest absolute Gasteiger partial charge is 0.201 e. The average Bonchev–Trinajstić information content (AvgIpc) is 2.58. The standard InChI is InChI=1S/C21H26F2O/c1-4-6-15(2)7-5-8-16-9-11-17(12-10-16)18-13-14-19(24-3)21(23)20(18)22/h9-15H,4-8H2,1-3H3. The van der Waals surface area contributed by atoms with Crippen molar-refractivity contribution in [3.05, 3.63) is 53.6 Å². The normalized spacial score (nSPS) is 12.2.